The van der Waals surface area contributed by atoms with Crippen LogP contribution in [0.15, 0.2) is 16.9 Å². The van der Waals surface area contributed by atoms with Crippen LogP contribution in [0.25, 0.3) is 5.57 Å². The van der Waals surface area contributed by atoms with Gasteiger partial charge in [0.1, 0.15) is 0 Å². The van der Waals surface area contributed by atoms with Crippen LogP contribution in [0.3, 0.4) is 0 Å². The Balaban J connectivity index is 2.45. The molecule has 0 bridgehead atoms. The first-order chi connectivity index (χ1) is 6.25. The van der Waals surface area contributed by atoms with Crippen molar-refractivity contribution in [1.29, 1.82) is 0 Å². The molecule has 1 aromatic rings. The molecule has 1 aliphatic rings. The molecule has 0 radical (unpaired) electrons. The average molecular weight is 176 g/mol. The maximum atomic E-state index is 11.1. The zero-order valence-corrected chi connectivity index (χ0v) is 7.63. The number of rotatable bonds is 1. The Kier molecular flexibility index (Phi) is 2.00. The fourth-order valence-electron chi connectivity index (χ4n) is 1.65. The number of allylic oxidation sites excluding steroid dienone is 2. The maximum absolute atomic E-state index is 11.1. The molecule has 1 aliphatic carbocycles. The van der Waals surface area contributed by atoms with Gasteiger partial charge in [0.15, 0.2) is 0 Å². The molecule has 1 heterocycles. The number of aryl methyl sites for hydroxylation is 1. The quantitative estimate of drug-likeness (QED) is 0.707. The van der Waals surface area contributed by atoms with Gasteiger partial charge in [0.05, 0.1) is 5.69 Å². The Morgan fingerprint density at radius 3 is 3.00 bits per heavy atom. The molecule has 0 atom stereocenters. The van der Waals surface area contributed by atoms with E-state index in [2.05, 4.69) is 16.0 Å². The van der Waals surface area contributed by atoms with E-state index in [4.69, 9.17) is 0 Å². The first-order valence-electron chi connectivity index (χ1n) is 4.53. The monoisotopic (exact) mass is 176 g/mol. The molecular formula is C10H12N2O. The SMILES string of the molecule is Cc1cc(C2=CCCC2)nc(=O)[nH]1. The van der Waals surface area contributed by atoms with Gasteiger partial charge in [0.25, 0.3) is 0 Å². The van der Waals surface area contributed by atoms with Crippen molar-refractivity contribution in [3.63, 3.8) is 0 Å². The predicted molar refractivity (Wildman–Crippen MR) is 51.4 cm³/mol. The smallest absolute Gasteiger partial charge is 0.310 e. The first-order valence-corrected chi connectivity index (χ1v) is 4.53. The molecule has 0 amide bonds. The van der Waals surface area contributed by atoms with Crippen molar-refractivity contribution in [2.24, 2.45) is 0 Å². The summed E-state index contributed by atoms with van der Waals surface area (Å²) in [5.74, 6) is 0. The predicted octanol–water partition coefficient (Wildman–Crippen LogP) is 1.65. The minimum absolute atomic E-state index is 0.247. The Morgan fingerprint density at radius 2 is 2.38 bits per heavy atom. The summed E-state index contributed by atoms with van der Waals surface area (Å²) in [5.41, 5.74) is 2.69. The van der Waals surface area contributed by atoms with Crippen LogP contribution >= 0.6 is 0 Å². The van der Waals surface area contributed by atoms with E-state index in [9.17, 15) is 4.79 Å². The summed E-state index contributed by atoms with van der Waals surface area (Å²) in [6.45, 7) is 1.88. The van der Waals surface area contributed by atoms with E-state index in [1.165, 1.54) is 12.0 Å². The molecular weight excluding hydrogens is 164 g/mol. The topological polar surface area (TPSA) is 45.8 Å². The van der Waals surface area contributed by atoms with Gasteiger partial charge < -0.3 is 4.98 Å². The molecule has 13 heavy (non-hydrogen) atoms. The van der Waals surface area contributed by atoms with Gasteiger partial charge >= 0.3 is 5.69 Å². The van der Waals surface area contributed by atoms with Crippen LogP contribution in [-0.2, 0) is 0 Å². The van der Waals surface area contributed by atoms with Crippen LogP contribution in [0.2, 0.25) is 0 Å². The fourth-order valence-corrected chi connectivity index (χ4v) is 1.65. The molecule has 1 N–H and O–H groups in total. The number of nitrogens with zero attached hydrogens (tertiary/aromatic N) is 1. The largest absolute Gasteiger partial charge is 0.345 e. The van der Waals surface area contributed by atoms with Crippen molar-refractivity contribution in [3.8, 4) is 0 Å². The van der Waals surface area contributed by atoms with Crippen LogP contribution in [0.4, 0.5) is 0 Å². The van der Waals surface area contributed by atoms with E-state index in [0.717, 1.165) is 24.2 Å². The number of hydrogen-bond donors (Lipinski definition) is 1. The lowest BCUT2D eigenvalue weighted by Crippen LogP contribution is -2.13. The van der Waals surface area contributed by atoms with Crippen molar-refractivity contribution < 1.29 is 0 Å². The molecule has 3 heteroatoms. The molecule has 3 nitrogen and oxygen atoms in total. The lowest BCUT2D eigenvalue weighted by atomic mass is 10.1. The second kappa shape index (κ2) is 3.17. The lowest BCUT2D eigenvalue weighted by Gasteiger charge is -2.00. The van der Waals surface area contributed by atoms with Crippen LogP contribution in [-0.4, -0.2) is 9.97 Å². The summed E-state index contributed by atoms with van der Waals surface area (Å²) in [6, 6.07) is 1.93. The summed E-state index contributed by atoms with van der Waals surface area (Å²) < 4.78 is 0. The highest BCUT2D eigenvalue weighted by Gasteiger charge is 2.08. The van der Waals surface area contributed by atoms with E-state index < -0.39 is 0 Å². The lowest BCUT2D eigenvalue weighted by molar-refractivity contribution is 0.927. The summed E-state index contributed by atoms with van der Waals surface area (Å²) in [7, 11) is 0. The highest BCUT2D eigenvalue weighted by molar-refractivity contribution is 5.64. The number of H-pyrrole nitrogens is 1. The molecule has 0 aromatic carbocycles. The van der Waals surface area contributed by atoms with E-state index in [1.54, 1.807) is 0 Å². The molecule has 0 aliphatic heterocycles. The third-order valence-electron chi connectivity index (χ3n) is 2.25. The average Bonchev–Trinajstić information content (AvgIpc) is 2.53. The number of aromatic nitrogens is 2. The molecule has 2 rings (SSSR count). The van der Waals surface area contributed by atoms with Crippen LogP contribution in [0, 0.1) is 6.92 Å². The first kappa shape index (κ1) is 8.23. The Morgan fingerprint density at radius 1 is 1.54 bits per heavy atom. The second-order valence-electron chi connectivity index (χ2n) is 3.38. The van der Waals surface area contributed by atoms with Gasteiger partial charge in [-0.3, -0.25) is 0 Å². The van der Waals surface area contributed by atoms with Gasteiger partial charge in [0, 0.05) is 5.69 Å². The molecule has 0 unspecified atom stereocenters. The van der Waals surface area contributed by atoms with Crippen LogP contribution in [0.5, 0.6) is 0 Å². The zero-order valence-electron chi connectivity index (χ0n) is 7.63. The normalized spacial score (nSPS) is 15.9. The van der Waals surface area contributed by atoms with Crippen LogP contribution in [0.1, 0.15) is 30.7 Å². The van der Waals surface area contributed by atoms with Crippen molar-refractivity contribution >= 4 is 5.57 Å². The second-order valence-corrected chi connectivity index (χ2v) is 3.38. The Bertz CT molecular complexity index is 404. The van der Waals surface area contributed by atoms with Gasteiger partial charge in [-0.15, -0.1) is 0 Å². The van der Waals surface area contributed by atoms with E-state index in [1.807, 2.05) is 13.0 Å². The minimum Gasteiger partial charge on any atom is -0.310 e. The Hall–Kier alpha value is -1.38. The van der Waals surface area contributed by atoms with Crippen molar-refractivity contribution in [3.05, 3.63) is 34.0 Å². The molecule has 0 saturated carbocycles. The summed E-state index contributed by atoms with van der Waals surface area (Å²) in [6.07, 6.45) is 5.52. The van der Waals surface area contributed by atoms with Crippen molar-refractivity contribution in [1.82, 2.24) is 9.97 Å². The minimum atomic E-state index is -0.247. The molecule has 68 valence electrons. The van der Waals surface area contributed by atoms with E-state index in [-0.39, 0.29) is 5.69 Å². The Labute approximate surface area is 76.5 Å². The van der Waals surface area contributed by atoms with Gasteiger partial charge in [-0.2, -0.15) is 4.98 Å². The van der Waals surface area contributed by atoms with Gasteiger partial charge in [-0.25, -0.2) is 4.79 Å². The van der Waals surface area contributed by atoms with E-state index in [0.29, 0.717) is 0 Å². The molecule has 0 spiro atoms. The van der Waals surface area contributed by atoms with Crippen molar-refractivity contribution in [2.75, 3.05) is 0 Å². The summed E-state index contributed by atoms with van der Waals surface area (Å²) in [5, 5.41) is 0. The highest BCUT2D eigenvalue weighted by atomic mass is 16.1. The molecule has 0 saturated heterocycles. The van der Waals surface area contributed by atoms with Gasteiger partial charge in [-0.1, -0.05) is 6.08 Å². The fraction of sp³-hybridized carbons (Fsp3) is 0.400. The number of aromatic amines is 1. The van der Waals surface area contributed by atoms with Gasteiger partial charge in [-0.05, 0) is 37.8 Å². The number of hydrogen-bond acceptors (Lipinski definition) is 2. The molecule has 1 aromatic heterocycles. The maximum Gasteiger partial charge on any atom is 0.345 e. The standard InChI is InChI=1S/C10H12N2O/c1-7-6-9(12-10(13)11-7)8-4-2-3-5-8/h4,6H,2-3,5H2,1H3,(H,11,12,13). The third kappa shape index (κ3) is 1.69. The van der Waals surface area contributed by atoms with Crippen LogP contribution < -0.4 is 5.69 Å². The summed E-state index contributed by atoms with van der Waals surface area (Å²) in [4.78, 5) is 17.7. The zero-order chi connectivity index (χ0) is 9.26. The third-order valence-corrected chi connectivity index (χ3v) is 2.25. The van der Waals surface area contributed by atoms with Crippen molar-refractivity contribution in [2.45, 2.75) is 26.2 Å². The highest BCUT2D eigenvalue weighted by Crippen LogP contribution is 2.25. The van der Waals surface area contributed by atoms with E-state index >= 15 is 0 Å². The summed E-state index contributed by atoms with van der Waals surface area (Å²) >= 11 is 0. The number of nitrogens with one attached hydrogen (secondary N) is 1. The molecule has 0 fully saturated rings. The van der Waals surface area contributed by atoms with Gasteiger partial charge in [0.2, 0.25) is 0 Å².